The third kappa shape index (κ3) is 4.20. The summed E-state index contributed by atoms with van der Waals surface area (Å²) in [6, 6.07) is 3.70. The summed E-state index contributed by atoms with van der Waals surface area (Å²) in [6.07, 6.45) is 0. The van der Waals surface area contributed by atoms with Crippen molar-refractivity contribution >= 4 is 17.3 Å². The number of hydrogen-bond donors (Lipinski definition) is 2. The highest BCUT2D eigenvalue weighted by Gasteiger charge is 2.15. The van der Waals surface area contributed by atoms with Crippen LogP contribution < -0.4 is 5.32 Å². The molecule has 0 saturated carbocycles. The number of aromatic carboxylic acids is 1. The topological polar surface area (TPSA) is 95.7 Å². The number of carboxylic acid groups (broad SMARTS) is 1. The Kier molecular flexibility index (Phi) is 5.92. The van der Waals surface area contributed by atoms with E-state index < -0.39 is 10.9 Å². The van der Waals surface area contributed by atoms with E-state index in [1.54, 1.807) is 0 Å². The second-order valence-corrected chi connectivity index (χ2v) is 4.25. The van der Waals surface area contributed by atoms with Gasteiger partial charge in [0.15, 0.2) is 0 Å². The molecule has 110 valence electrons. The first-order valence-corrected chi connectivity index (χ1v) is 6.47. The summed E-state index contributed by atoms with van der Waals surface area (Å²) in [6.45, 7) is 7.16. The molecule has 0 bridgehead atoms. The van der Waals surface area contributed by atoms with Gasteiger partial charge in [0.1, 0.15) is 0 Å². The fraction of sp³-hybridized carbons (Fsp3) is 0.462. The Labute approximate surface area is 117 Å². The number of hydrogen-bond acceptors (Lipinski definition) is 5. The van der Waals surface area contributed by atoms with Crippen LogP contribution in [0.15, 0.2) is 18.2 Å². The van der Waals surface area contributed by atoms with Crippen LogP contribution in [0, 0.1) is 10.1 Å². The van der Waals surface area contributed by atoms with Gasteiger partial charge in [0, 0.05) is 25.2 Å². The molecule has 20 heavy (non-hydrogen) atoms. The van der Waals surface area contributed by atoms with Crippen LogP contribution in [-0.4, -0.2) is 47.1 Å². The fourth-order valence-electron chi connectivity index (χ4n) is 1.87. The van der Waals surface area contributed by atoms with Crippen LogP contribution in [0.25, 0.3) is 0 Å². The highest BCUT2D eigenvalue weighted by molar-refractivity contribution is 5.94. The number of non-ortho nitro benzene ring substituents is 1. The molecule has 0 aliphatic carbocycles. The Bertz CT molecular complexity index is 487. The van der Waals surface area contributed by atoms with Gasteiger partial charge in [-0.2, -0.15) is 0 Å². The standard InChI is InChI=1S/C13H19N3O4/c1-3-15(4-2)8-7-14-12-9-10(16(19)20)5-6-11(12)13(17)18/h5-6,9,14H,3-4,7-8H2,1-2H3,(H,17,18). The third-order valence-corrected chi connectivity index (χ3v) is 3.08. The molecule has 0 aliphatic rings. The average molecular weight is 281 g/mol. The molecule has 0 amide bonds. The summed E-state index contributed by atoms with van der Waals surface area (Å²) >= 11 is 0. The Hall–Kier alpha value is -2.15. The van der Waals surface area contributed by atoms with Gasteiger partial charge in [0.05, 0.1) is 16.2 Å². The first-order valence-electron chi connectivity index (χ1n) is 6.47. The highest BCUT2D eigenvalue weighted by atomic mass is 16.6. The third-order valence-electron chi connectivity index (χ3n) is 3.08. The molecule has 0 atom stereocenters. The van der Waals surface area contributed by atoms with Crippen LogP contribution in [0.1, 0.15) is 24.2 Å². The van der Waals surface area contributed by atoms with Crippen molar-refractivity contribution in [2.45, 2.75) is 13.8 Å². The van der Waals surface area contributed by atoms with E-state index in [4.69, 9.17) is 5.11 Å². The van der Waals surface area contributed by atoms with Crippen molar-refractivity contribution in [3.05, 3.63) is 33.9 Å². The SMILES string of the molecule is CCN(CC)CCNc1cc([N+](=O)[O-])ccc1C(=O)O. The zero-order chi connectivity index (χ0) is 15.1. The molecule has 0 radical (unpaired) electrons. The predicted molar refractivity (Wildman–Crippen MR) is 76.3 cm³/mol. The predicted octanol–water partition coefficient (Wildman–Crippen LogP) is 2.05. The molecule has 0 unspecified atom stereocenters. The van der Waals surface area contributed by atoms with Gasteiger partial charge < -0.3 is 15.3 Å². The number of nitro groups is 1. The molecule has 2 N–H and O–H groups in total. The lowest BCUT2D eigenvalue weighted by molar-refractivity contribution is -0.384. The minimum Gasteiger partial charge on any atom is -0.478 e. The molecule has 0 aliphatic heterocycles. The lowest BCUT2D eigenvalue weighted by Crippen LogP contribution is -2.28. The van der Waals surface area contributed by atoms with E-state index in [9.17, 15) is 14.9 Å². The number of nitrogens with zero attached hydrogens (tertiary/aromatic N) is 2. The molecule has 0 spiro atoms. The number of carbonyl (C=O) groups is 1. The summed E-state index contributed by atoms with van der Waals surface area (Å²) in [5.41, 5.74) is 0.189. The van der Waals surface area contributed by atoms with Crippen molar-refractivity contribution in [2.75, 3.05) is 31.5 Å². The van der Waals surface area contributed by atoms with E-state index in [0.717, 1.165) is 19.6 Å². The summed E-state index contributed by atoms with van der Waals surface area (Å²) in [4.78, 5) is 23.5. The van der Waals surface area contributed by atoms with Gasteiger partial charge in [0.25, 0.3) is 5.69 Å². The van der Waals surface area contributed by atoms with Gasteiger partial charge in [-0.1, -0.05) is 13.8 Å². The Morgan fingerprint density at radius 2 is 2.05 bits per heavy atom. The van der Waals surface area contributed by atoms with Crippen LogP contribution in [0.2, 0.25) is 0 Å². The van der Waals surface area contributed by atoms with Crippen molar-refractivity contribution < 1.29 is 14.8 Å². The molecule has 1 aromatic carbocycles. The Morgan fingerprint density at radius 3 is 2.55 bits per heavy atom. The molecule has 1 aromatic rings. The maximum absolute atomic E-state index is 11.1. The van der Waals surface area contributed by atoms with Gasteiger partial charge in [-0.15, -0.1) is 0 Å². The lowest BCUT2D eigenvalue weighted by atomic mass is 10.1. The molecule has 0 aromatic heterocycles. The van der Waals surface area contributed by atoms with Gasteiger partial charge in [-0.25, -0.2) is 4.79 Å². The average Bonchev–Trinajstić information content (AvgIpc) is 2.43. The number of nitro benzene ring substituents is 1. The smallest absolute Gasteiger partial charge is 0.337 e. The largest absolute Gasteiger partial charge is 0.478 e. The Balaban J connectivity index is 2.82. The number of benzene rings is 1. The summed E-state index contributed by atoms with van der Waals surface area (Å²) in [7, 11) is 0. The van der Waals surface area contributed by atoms with Crippen molar-refractivity contribution in [2.24, 2.45) is 0 Å². The maximum Gasteiger partial charge on any atom is 0.337 e. The molecule has 7 heteroatoms. The fourth-order valence-corrected chi connectivity index (χ4v) is 1.87. The summed E-state index contributed by atoms with van der Waals surface area (Å²) in [5.74, 6) is -1.11. The van der Waals surface area contributed by atoms with E-state index in [2.05, 4.69) is 10.2 Å². The first kappa shape index (κ1) is 15.9. The van der Waals surface area contributed by atoms with E-state index in [0.29, 0.717) is 6.54 Å². The van der Waals surface area contributed by atoms with Crippen molar-refractivity contribution in [3.8, 4) is 0 Å². The zero-order valence-electron chi connectivity index (χ0n) is 11.6. The second kappa shape index (κ2) is 7.44. The van der Waals surface area contributed by atoms with E-state index in [1.165, 1.54) is 18.2 Å². The minimum absolute atomic E-state index is 0.0372. The minimum atomic E-state index is -1.11. The zero-order valence-corrected chi connectivity index (χ0v) is 11.6. The number of nitrogens with one attached hydrogen (secondary N) is 1. The molecule has 0 fully saturated rings. The molecular formula is C13H19N3O4. The van der Waals surface area contributed by atoms with Gasteiger partial charge in [-0.3, -0.25) is 10.1 Å². The van der Waals surface area contributed by atoms with E-state index in [1.807, 2.05) is 13.8 Å². The molecule has 0 heterocycles. The number of carboxylic acids is 1. The van der Waals surface area contributed by atoms with Crippen LogP contribution in [0.3, 0.4) is 0 Å². The van der Waals surface area contributed by atoms with Crippen LogP contribution in [-0.2, 0) is 0 Å². The summed E-state index contributed by atoms with van der Waals surface area (Å²) in [5, 5.41) is 22.8. The lowest BCUT2D eigenvalue weighted by Gasteiger charge is -2.18. The molecule has 7 nitrogen and oxygen atoms in total. The number of likely N-dealkylation sites (N-methyl/N-ethyl adjacent to an activating group) is 1. The van der Waals surface area contributed by atoms with Gasteiger partial charge in [0.2, 0.25) is 0 Å². The molecular weight excluding hydrogens is 262 g/mol. The van der Waals surface area contributed by atoms with Crippen molar-refractivity contribution in [1.82, 2.24) is 4.90 Å². The molecule has 0 saturated heterocycles. The first-order chi connectivity index (χ1) is 9.49. The van der Waals surface area contributed by atoms with Crippen molar-refractivity contribution in [1.29, 1.82) is 0 Å². The quantitative estimate of drug-likeness (QED) is 0.559. The van der Waals surface area contributed by atoms with Crippen LogP contribution in [0.4, 0.5) is 11.4 Å². The summed E-state index contributed by atoms with van der Waals surface area (Å²) < 4.78 is 0. The van der Waals surface area contributed by atoms with Crippen molar-refractivity contribution in [3.63, 3.8) is 0 Å². The Morgan fingerprint density at radius 1 is 1.40 bits per heavy atom. The van der Waals surface area contributed by atoms with Gasteiger partial charge >= 0.3 is 5.97 Å². The molecule has 1 rings (SSSR count). The van der Waals surface area contributed by atoms with E-state index in [-0.39, 0.29) is 16.9 Å². The second-order valence-electron chi connectivity index (χ2n) is 4.25. The van der Waals surface area contributed by atoms with Crippen LogP contribution >= 0.6 is 0 Å². The maximum atomic E-state index is 11.1. The van der Waals surface area contributed by atoms with E-state index >= 15 is 0 Å². The number of rotatable bonds is 8. The highest BCUT2D eigenvalue weighted by Crippen LogP contribution is 2.22. The normalized spacial score (nSPS) is 10.6. The van der Waals surface area contributed by atoms with Crippen LogP contribution in [0.5, 0.6) is 0 Å². The van der Waals surface area contributed by atoms with Gasteiger partial charge in [-0.05, 0) is 19.2 Å². The monoisotopic (exact) mass is 281 g/mol. The number of anilines is 1.